The number of nitrogens with zero attached hydrogens (tertiary/aromatic N) is 1. The number of carbonyl (C=O) groups excluding carboxylic acids is 1. The highest BCUT2D eigenvalue weighted by Gasteiger charge is 2.33. The molecule has 0 fully saturated rings. The maximum absolute atomic E-state index is 12.5. The summed E-state index contributed by atoms with van der Waals surface area (Å²) in [6.45, 7) is -0.314. The van der Waals surface area contributed by atoms with Crippen molar-refractivity contribution < 1.29 is 18.0 Å². The van der Waals surface area contributed by atoms with Gasteiger partial charge in [-0.25, -0.2) is 9.79 Å². The molecule has 0 N–H and O–H groups in total. The predicted molar refractivity (Wildman–Crippen MR) is 51.0 cm³/mol. The summed E-state index contributed by atoms with van der Waals surface area (Å²) in [7, 11) is 0. The van der Waals surface area contributed by atoms with E-state index in [4.69, 9.17) is 0 Å². The van der Waals surface area contributed by atoms with Gasteiger partial charge >= 0.3 is 6.18 Å². The lowest BCUT2D eigenvalue weighted by Gasteiger charge is -2.11. The minimum atomic E-state index is -4.45. The van der Waals surface area contributed by atoms with E-state index >= 15 is 0 Å². The summed E-state index contributed by atoms with van der Waals surface area (Å²) in [4.78, 5) is 12.9. The van der Waals surface area contributed by atoms with Gasteiger partial charge in [-0.1, -0.05) is 22.0 Å². The Morgan fingerprint density at radius 1 is 1.40 bits per heavy atom. The second-order valence-corrected chi connectivity index (χ2v) is 3.62. The van der Waals surface area contributed by atoms with E-state index in [9.17, 15) is 18.0 Å². The lowest BCUT2D eigenvalue weighted by atomic mass is 10.1. The highest BCUT2D eigenvalue weighted by molar-refractivity contribution is 9.10. The van der Waals surface area contributed by atoms with E-state index < -0.39 is 11.7 Å². The second kappa shape index (κ2) is 4.59. The summed E-state index contributed by atoms with van der Waals surface area (Å²) < 4.78 is 37.8. The van der Waals surface area contributed by atoms with Crippen molar-refractivity contribution in [3.05, 3.63) is 33.8 Å². The molecule has 0 aliphatic heterocycles. The number of halogens is 4. The van der Waals surface area contributed by atoms with Crippen LogP contribution in [0.25, 0.3) is 0 Å². The van der Waals surface area contributed by atoms with Gasteiger partial charge in [0, 0.05) is 4.47 Å². The Kier molecular flexibility index (Phi) is 3.66. The van der Waals surface area contributed by atoms with Gasteiger partial charge in [-0.15, -0.1) is 0 Å². The van der Waals surface area contributed by atoms with Crippen LogP contribution in [0, 0.1) is 0 Å². The molecular formula is C9H5BrF3NO. The highest BCUT2D eigenvalue weighted by atomic mass is 79.9. The lowest BCUT2D eigenvalue weighted by Crippen LogP contribution is -2.08. The fourth-order valence-corrected chi connectivity index (χ4v) is 1.43. The molecule has 0 aliphatic carbocycles. The fourth-order valence-electron chi connectivity index (χ4n) is 1.07. The molecule has 1 aromatic rings. The molecular weight excluding hydrogens is 275 g/mol. The molecule has 0 atom stereocenters. The maximum Gasteiger partial charge on any atom is 0.416 e. The molecule has 0 radical (unpaired) electrons. The van der Waals surface area contributed by atoms with Gasteiger partial charge < -0.3 is 0 Å². The molecule has 0 saturated carbocycles. The first kappa shape index (κ1) is 11.9. The van der Waals surface area contributed by atoms with Crippen LogP contribution in [-0.4, -0.2) is 6.08 Å². The number of hydrogen-bond acceptors (Lipinski definition) is 2. The zero-order chi connectivity index (χ0) is 11.5. The van der Waals surface area contributed by atoms with E-state index in [1.54, 1.807) is 0 Å². The Labute approximate surface area is 91.9 Å². The number of benzene rings is 1. The Morgan fingerprint density at radius 2 is 2.07 bits per heavy atom. The Hall–Kier alpha value is -1.13. The zero-order valence-electron chi connectivity index (χ0n) is 7.31. The molecule has 2 nitrogen and oxygen atoms in total. The van der Waals surface area contributed by atoms with E-state index in [0.717, 1.165) is 6.07 Å². The van der Waals surface area contributed by atoms with Crippen LogP contribution < -0.4 is 0 Å². The van der Waals surface area contributed by atoms with Crippen molar-refractivity contribution >= 4 is 22.0 Å². The van der Waals surface area contributed by atoms with Gasteiger partial charge in [0.2, 0.25) is 6.08 Å². The third kappa shape index (κ3) is 3.18. The molecule has 0 aliphatic rings. The van der Waals surface area contributed by atoms with Crippen LogP contribution in [-0.2, 0) is 17.5 Å². The first-order valence-electron chi connectivity index (χ1n) is 3.84. The predicted octanol–water partition coefficient (Wildman–Crippen LogP) is 3.30. The first-order valence-corrected chi connectivity index (χ1v) is 4.63. The average Bonchev–Trinajstić information content (AvgIpc) is 2.14. The molecule has 0 aromatic heterocycles. The molecule has 0 spiro atoms. The summed E-state index contributed by atoms with van der Waals surface area (Å²) in [5.41, 5.74) is -0.843. The molecule has 0 heterocycles. The van der Waals surface area contributed by atoms with Crippen molar-refractivity contribution in [3.63, 3.8) is 0 Å². The monoisotopic (exact) mass is 279 g/mol. The Bertz CT molecular complexity index is 410. The van der Waals surface area contributed by atoms with Crippen molar-refractivity contribution in [2.45, 2.75) is 12.7 Å². The smallest absolute Gasteiger partial charge is 0.211 e. The summed E-state index contributed by atoms with van der Waals surface area (Å²) in [5.74, 6) is 0. The summed E-state index contributed by atoms with van der Waals surface area (Å²) in [6.07, 6.45) is -3.24. The second-order valence-electron chi connectivity index (χ2n) is 2.71. The molecule has 1 rings (SSSR count). The number of hydrogen-bond donors (Lipinski definition) is 0. The van der Waals surface area contributed by atoms with Gasteiger partial charge in [-0.2, -0.15) is 13.2 Å². The van der Waals surface area contributed by atoms with Gasteiger partial charge in [0.25, 0.3) is 0 Å². The highest BCUT2D eigenvalue weighted by Crippen LogP contribution is 2.34. The molecule has 80 valence electrons. The molecule has 0 saturated heterocycles. The van der Waals surface area contributed by atoms with Crippen LogP contribution in [0.15, 0.2) is 27.7 Å². The summed E-state index contributed by atoms with van der Waals surface area (Å²) in [6, 6.07) is 3.69. The van der Waals surface area contributed by atoms with Crippen LogP contribution in [0.3, 0.4) is 0 Å². The van der Waals surface area contributed by atoms with Crippen LogP contribution in [0.2, 0.25) is 0 Å². The average molecular weight is 280 g/mol. The topological polar surface area (TPSA) is 29.4 Å². The minimum Gasteiger partial charge on any atom is -0.211 e. The van der Waals surface area contributed by atoms with E-state index in [0.29, 0.717) is 4.47 Å². The molecule has 6 heteroatoms. The standard InChI is InChI=1S/C9H5BrF3NO/c10-7-2-1-6(4-14-5-15)8(3-7)9(11,12)13/h1-3H,4H2. The first-order chi connectivity index (χ1) is 6.95. The van der Waals surface area contributed by atoms with Gasteiger partial charge in [0.1, 0.15) is 0 Å². The molecule has 0 amide bonds. The van der Waals surface area contributed by atoms with Gasteiger partial charge in [-0.05, 0) is 17.7 Å². The molecule has 0 unspecified atom stereocenters. The lowest BCUT2D eigenvalue weighted by molar-refractivity contribution is -0.138. The third-order valence-corrected chi connectivity index (χ3v) is 2.18. The van der Waals surface area contributed by atoms with Crippen molar-refractivity contribution in [2.75, 3.05) is 0 Å². The fraction of sp³-hybridized carbons (Fsp3) is 0.222. The van der Waals surface area contributed by atoms with E-state index in [1.807, 2.05) is 0 Å². The summed E-state index contributed by atoms with van der Waals surface area (Å²) in [5, 5.41) is 0. The van der Waals surface area contributed by atoms with Crippen molar-refractivity contribution in [1.82, 2.24) is 0 Å². The molecule has 15 heavy (non-hydrogen) atoms. The third-order valence-electron chi connectivity index (χ3n) is 1.69. The summed E-state index contributed by atoms with van der Waals surface area (Å²) >= 11 is 2.95. The minimum absolute atomic E-state index is 0.0472. The van der Waals surface area contributed by atoms with Gasteiger partial charge in [0.05, 0.1) is 12.1 Å². The quantitative estimate of drug-likeness (QED) is 0.603. The Morgan fingerprint density at radius 3 is 2.60 bits per heavy atom. The van der Waals surface area contributed by atoms with Crippen LogP contribution in [0.5, 0.6) is 0 Å². The largest absolute Gasteiger partial charge is 0.416 e. The van der Waals surface area contributed by atoms with Crippen molar-refractivity contribution in [2.24, 2.45) is 4.99 Å². The number of rotatable bonds is 2. The Balaban J connectivity index is 3.20. The molecule has 0 bridgehead atoms. The van der Waals surface area contributed by atoms with E-state index in [1.165, 1.54) is 18.2 Å². The van der Waals surface area contributed by atoms with Crippen LogP contribution in [0.1, 0.15) is 11.1 Å². The normalized spacial score (nSPS) is 10.9. The van der Waals surface area contributed by atoms with Crippen LogP contribution >= 0.6 is 15.9 Å². The maximum atomic E-state index is 12.5. The SMILES string of the molecule is O=C=NCc1ccc(Br)cc1C(F)(F)F. The van der Waals surface area contributed by atoms with E-state index in [2.05, 4.69) is 20.9 Å². The zero-order valence-corrected chi connectivity index (χ0v) is 8.89. The van der Waals surface area contributed by atoms with Crippen LogP contribution in [0.4, 0.5) is 13.2 Å². The van der Waals surface area contributed by atoms with Crippen molar-refractivity contribution in [3.8, 4) is 0 Å². The number of isocyanates is 1. The number of alkyl halides is 3. The van der Waals surface area contributed by atoms with E-state index in [-0.39, 0.29) is 12.1 Å². The van der Waals surface area contributed by atoms with Gasteiger partial charge in [0.15, 0.2) is 0 Å². The van der Waals surface area contributed by atoms with Gasteiger partial charge in [-0.3, -0.25) is 0 Å². The molecule has 1 aromatic carbocycles. The van der Waals surface area contributed by atoms with Crippen molar-refractivity contribution in [1.29, 1.82) is 0 Å². The number of aliphatic imine (C=N–C) groups is 1.